The van der Waals surface area contributed by atoms with E-state index >= 15 is 0 Å². The molecule has 1 saturated heterocycles. The van der Waals surface area contributed by atoms with Gasteiger partial charge in [-0.3, -0.25) is 9.80 Å². The van der Waals surface area contributed by atoms with Gasteiger partial charge in [-0.2, -0.15) is 0 Å². The number of ether oxygens (including phenoxy) is 1. The minimum Gasteiger partial charge on any atom is -0.478 e. The zero-order chi connectivity index (χ0) is 15.2. The van der Waals surface area contributed by atoms with E-state index in [0.717, 1.165) is 18.5 Å². The molecule has 1 aliphatic carbocycles. The van der Waals surface area contributed by atoms with Crippen molar-refractivity contribution in [2.45, 2.75) is 51.6 Å². The second-order valence-corrected chi connectivity index (χ2v) is 6.54. The molecule has 2 heterocycles. The second-order valence-electron chi connectivity index (χ2n) is 6.54. The molecule has 1 aromatic rings. The number of hydrogen-bond donors (Lipinski definition) is 0. The van der Waals surface area contributed by atoms with Crippen LogP contribution in [-0.4, -0.2) is 53.6 Å². The molecule has 2 aliphatic rings. The molecule has 1 aromatic heterocycles. The van der Waals surface area contributed by atoms with Gasteiger partial charge in [-0.1, -0.05) is 18.9 Å². The van der Waals surface area contributed by atoms with Crippen molar-refractivity contribution in [2.75, 3.05) is 32.8 Å². The quantitative estimate of drug-likeness (QED) is 0.836. The van der Waals surface area contributed by atoms with E-state index in [9.17, 15) is 0 Å². The molecule has 4 heteroatoms. The lowest BCUT2D eigenvalue weighted by molar-refractivity contribution is 0.198. The Kier molecular flexibility index (Phi) is 5.68. The van der Waals surface area contributed by atoms with E-state index in [1.807, 2.05) is 19.2 Å². The van der Waals surface area contributed by atoms with E-state index < -0.39 is 0 Å². The molecule has 0 unspecified atom stereocenters. The molecule has 0 radical (unpaired) electrons. The molecular weight excluding hydrogens is 274 g/mol. The summed E-state index contributed by atoms with van der Waals surface area (Å²) in [6.07, 6.45) is 8.96. The van der Waals surface area contributed by atoms with Crippen LogP contribution in [0.15, 0.2) is 18.3 Å². The highest BCUT2D eigenvalue weighted by Gasteiger charge is 2.24. The van der Waals surface area contributed by atoms with Crippen LogP contribution in [0.3, 0.4) is 0 Å². The molecule has 3 rings (SSSR count). The maximum absolute atomic E-state index is 5.41. The summed E-state index contributed by atoms with van der Waals surface area (Å²) >= 11 is 0. The van der Waals surface area contributed by atoms with E-state index in [-0.39, 0.29) is 0 Å². The summed E-state index contributed by atoms with van der Waals surface area (Å²) in [5, 5.41) is 0. The fourth-order valence-electron chi connectivity index (χ4n) is 3.78. The van der Waals surface area contributed by atoms with Gasteiger partial charge in [0.05, 0.1) is 6.61 Å². The monoisotopic (exact) mass is 303 g/mol. The largest absolute Gasteiger partial charge is 0.478 e. The van der Waals surface area contributed by atoms with Gasteiger partial charge in [0, 0.05) is 37.9 Å². The van der Waals surface area contributed by atoms with Crippen molar-refractivity contribution in [3.63, 3.8) is 0 Å². The molecule has 2 fully saturated rings. The Balaban J connectivity index is 1.50. The van der Waals surface area contributed by atoms with Crippen molar-refractivity contribution in [3.05, 3.63) is 23.9 Å². The first-order valence-electron chi connectivity index (χ1n) is 8.89. The van der Waals surface area contributed by atoms with Gasteiger partial charge < -0.3 is 4.74 Å². The Morgan fingerprint density at radius 3 is 2.68 bits per heavy atom. The Hall–Kier alpha value is -1.13. The Labute approximate surface area is 134 Å². The number of aromatic nitrogens is 1. The number of hydrogen-bond acceptors (Lipinski definition) is 4. The lowest BCUT2D eigenvalue weighted by atomic mass is 10.2. The van der Waals surface area contributed by atoms with Crippen LogP contribution in [0.5, 0.6) is 5.88 Å². The predicted molar refractivity (Wildman–Crippen MR) is 89.1 cm³/mol. The van der Waals surface area contributed by atoms with Crippen molar-refractivity contribution < 1.29 is 4.74 Å². The fraction of sp³-hybridized carbons (Fsp3) is 0.722. The van der Waals surface area contributed by atoms with Crippen molar-refractivity contribution in [3.8, 4) is 5.88 Å². The van der Waals surface area contributed by atoms with Crippen LogP contribution >= 0.6 is 0 Å². The van der Waals surface area contributed by atoms with Crippen molar-refractivity contribution >= 4 is 0 Å². The van der Waals surface area contributed by atoms with Gasteiger partial charge in [0.2, 0.25) is 5.88 Å². The van der Waals surface area contributed by atoms with Crippen molar-refractivity contribution in [1.82, 2.24) is 14.8 Å². The zero-order valence-corrected chi connectivity index (χ0v) is 13.8. The van der Waals surface area contributed by atoms with Crippen LogP contribution in [0.25, 0.3) is 0 Å². The van der Waals surface area contributed by atoms with Crippen LogP contribution in [0, 0.1) is 0 Å². The minimum absolute atomic E-state index is 0.676. The number of rotatable bonds is 5. The predicted octanol–water partition coefficient (Wildman–Crippen LogP) is 2.93. The molecule has 0 spiro atoms. The molecule has 122 valence electrons. The number of pyridine rings is 1. The molecular formula is C18H29N3O. The first kappa shape index (κ1) is 15.8. The first-order chi connectivity index (χ1) is 10.8. The highest BCUT2D eigenvalue weighted by molar-refractivity contribution is 5.17. The number of nitrogens with zero attached hydrogens (tertiary/aromatic N) is 3. The van der Waals surface area contributed by atoms with Gasteiger partial charge in [-0.05, 0) is 44.8 Å². The van der Waals surface area contributed by atoms with E-state index in [0.29, 0.717) is 6.61 Å². The van der Waals surface area contributed by atoms with Gasteiger partial charge in [0.1, 0.15) is 0 Å². The smallest absolute Gasteiger partial charge is 0.213 e. The summed E-state index contributed by atoms with van der Waals surface area (Å²) in [6.45, 7) is 8.58. The Bertz CT molecular complexity index is 442. The summed E-state index contributed by atoms with van der Waals surface area (Å²) in [5.41, 5.74) is 1.29. The normalized spacial score (nSPS) is 21.9. The zero-order valence-electron chi connectivity index (χ0n) is 13.8. The first-order valence-corrected chi connectivity index (χ1v) is 8.89. The minimum atomic E-state index is 0.676. The maximum Gasteiger partial charge on any atom is 0.213 e. The van der Waals surface area contributed by atoms with E-state index in [1.54, 1.807) is 0 Å². The van der Waals surface area contributed by atoms with Crippen LogP contribution in [0.2, 0.25) is 0 Å². The summed E-state index contributed by atoms with van der Waals surface area (Å²) in [6, 6.07) is 5.01. The molecule has 0 bridgehead atoms. The molecule has 4 nitrogen and oxygen atoms in total. The fourth-order valence-corrected chi connectivity index (χ4v) is 3.78. The highest BCUT2D eigenvalue weighted by atomic mass is 16.5. The summed E-state index contributed by atoms with van der Waals surface area (Å²) in [7, 11) is 0. The average molecular weight is 303 g/mol. The SMILES string of the molecule is CCOc1ccc(CN2CCCN(C3CCCC3)CC2)cn1. The van der Waals surface area contributed by atoms with E-state index in [4.69, 9.17) is 4.74 Å². The van der Waals surface area contributed by atoms with Crippen LogP contribution in [0.4, 0.5) is 0 Å². The summed E-state index contributed by atoms with van der Waals surface area (Å²) in [5.74, 6) is 0.731. The van der Waals surface area contributed by atoms with Crippen molar-refractivity contribution in [2.24, 2.45) is 0 Å². The third-order valence-electron chi connectivity index (χ3n) is 4.96. The third kappa shape index (κ3) is 4.20. The Morgan fingerprint density at radius 1 is 1.09 bits per heavy atom. The molecule has 1 saturated carbocycles. The Morgan fingerprint density at radius 2 is 1.95 bits per heavy atom. The molecule has 0 atom stereocenters. The van der Waals surface area contributed by atoms with Crippen molar-refractivity contribution in [1.29, 1.82) is 0 Å². The van der Waals surface area contributed by atoms with Gasteiger partial charge in [-0.25, -0.2) is 4.98 Å². The second kappa shape index (κ2) is 7.93. The van der Waals surface area contributed by atoms with Crippen LogP contribution in [0.1, 0.15) is 44.6 Å². The van der Waals surface area contributed by atoms with Gasteiger partial charge in [0.25, 0.3) is 0 Å². The van der Waals surface area contributed by atoms with E-state index in [2.05, 4.69) is 20.9 Å². The lowest BCUT2D eigenvalue weighted by Crippen LogP contribution is -2.36. The molecule has 22 heavy (non-hydrogen) atoms. The van der Waals surface area contributed by atoms with Gasteiger partial charge >= 0.3 is 0 Å². The standard InChI is InChI=1S/C18H29N3O/c1-2-22-18-9-8-16(14-19-18)15-20-10-5-11-21(13-12-20)17-6-3-4-7-17/h8-9,14,17H,2-7,10-13,15H2,1H3. The third-order valence-corrected chi connectivity index (χ3v) is 4.96. The molecule has 0 aromatic carbocycles. The lowest BCUT2D eigenvalue weighted by Gasteiger charge is -2.27. The highest BCUT2D eigenvalue weighted by Crippen LogP contribution is 2.24. The molecule has 0 N–H and O–H groups in total. The van der Waals surface area contributed by atoms with E-state index in [1.165, 1.54) is 63.8 Å². The molecule has 0 amide bonds. The van der Waals surface area contributed by atoms with Gasteiger partial charge in [-0.15, -0.1) is 0 Å². The van der Waals surface area contributed by atoms with Crippen LogP contribution < -0.4 is 4.74 Å². The average Bonchev–Trinajstić information content (AvgIpc) is 2.97. The molecule has 1 aliphatic heterocycles. The maximum atomic E-state index is 5.41. The van der Waals surface area contributed by atoms with Crippen LogP contribution in [-0.2, 0) is 6.54 Å². The summed E-state index contributed by atoms with van der Waals surface area (Å²) in [4.78, 5) is 9.69. The summed E-state index contributed by atoms with van der Waals surface area (Å²) < 4.78 is 5.41. The van der Waals surface area contributed by atoms with Gasteiger partial charge in [0.15, 0.2) is 0 Å². The topological polar surface area (TPSA) is 28.6 Å².